The molecule has 2 atom stereocenters. The number of nitrogens with two attached hydrogens (primary N) is 1. The van der Waals surface area contributed by atoms with Crippen LogP contribution in [0.5, 0.6) is 0 Å². The zero-order valence-electron chi connectivity index (χ0n) is 14.7. The summed E-state index contributed by atoms with van der Waals surface area (Å²) >= 11 is 0. The van der Waals surface area contributed by atoms with Gasteiger partial charge in [0, 0.05) is 31.1 Å². The highest BCUT2D eigenvalue weighted by molar-refractivity contribution is 5.79. The zero-order chi connectivity index (χ0) is 16.2. The fourth-order valence-corrected chi connectivity index (χ4v) is 4.74. The smallest absolute Gasteiger partial charge is 0.223 e. The first-order valence-electron chi connectivity index (χ1n) is 9.60. The SMILES string of the molecule is CN1CCC(N2CCC(NC(=O)[C@@H]3CCC[C@@H]3CN)CC2)CC1. The van der Waals surface area contributed by atoms with E-state index < -0.39 is 0 Å². The summed E-state index contributed by atoms with van der Waals surface area (Å²) < 4.78 is 0. The van der Waals surface area contributed by atoms with Gasteiger partial charge in [0.25, 0.3) is 0 Å². The van der Waals surface area contributed by atoms with Gasteiger partial charge in [0.1, 0.15) is 0 Å². The maximum atomic E-state index is 12.5. The van der Waals surface area contributed by atoms with Gasteiger partial charge in [-0.25, -0.2) is 0 Å². The molecule has 0 aromatic carbocycles. The number of hydrogen-bond acceptors (Lipinski definition) is 4. The maximum Gasteiger partial charge on any atom is 0.223 e. The Morgan fingerprint density at radius 3 is 2.39 bits per heavy atom. The van der Waals surface area contributed by atoms with Gasteiger partial charge in [-0.15, -0.1) is 0 Å². The van der Waals surface area contributed by atoms with Gasteiger partial charge >= 0.3 is 0 Å². The van der Waals surface area contributed by atoms with Crippen molar-refractivity contribution in [2.75, 3.05) is 39.8 Å². The molecule has 3 aliphatic rings. The van der Waals surface area contributed by atoms with E-state index in [2.05, 4.69) is 22.2 Å². The van der Waals surface area contributed by atoms with Crippen LogP contribution < -0.4 is 11.1 Å². The molecule has 2 aliphatic heterocycles. The largest absolute Gasteiger partial charge is 0.353 e. The maximum absolute atomic E-state index is 12.5. The average molecular weight is 322 g/mol. The molecule has 5 nitrogen and oxygen atoms in total. The van der Waals surface area contributed by atoms with Crippen molar-refractivity contribution in [3.63, 3.8) is 0 Å². The van der Waals surface area contributed by atoms with Crippen molar-refractivity contribution in [1.82, 2.24) is 15.1 Å². The van der Waals surface area contributed by atoms with Gasteiger partial charge in [0.2, 0.25) is 5.91 Å². The van der Waals surface area contributed by atoms with Crippen LogP contribution in [0.2, 0.25) is 0 Å². The third-order valence-corrected chi connectivity index (χ3v) is 6.38. The summed E-state index contributed by atoms with van der Waals surface area (Å²) in [6.45, 7) is 5.40. The highest BCUT2D eigenvalue weighted by Gasteiger charge is 2.34. The van der Waals surface area contributed by atoms with Crippen LogP contribution in [0.4, 0.5) is 0 Å². The molecule has 0 aromatic heterocycles. The number of likely N-dealkylation sites (tertiary alicyclic amines) is 2. The normalized spacial score (nSPS) is 32.3. The number of carbonyl (C=O) groups excluding carboxylic acids is 1. The van der Waals surface area contributed by atoms with Gasteiger partial charge in [0.05, 0.1) is 0 Å². The fourth-order valence-electron chi connectivity index (χ4n) is 4.74. The molecule has 0 radical (unpaired) electrons. The van der Waals surface area contributed by atoms with Crippen LogP contribution in [0, 0.1) is 11.8 Å². The van der Waals surface area contributed by atoms with E-state index in [0.29, 0.717) is 18.5 Å². The van der Waals surface area contributed by atoms with Crippen LogP contribution in [-0.4, -0.2) is 67.6 Å². The summed E-state index contributed by atoms with van der Waals surface area (Å²) in [6.07, 6.45) is 8.14. The van der Waals surface area contributed by atoms with E-state index >= 15 is 0 Å². The molecule has 2 saturated heterocycles. The van der Waals surface area contributed by atoms with E-state index in [0.717, 1.165) is 51.2 Å². The van der Waals surface area contributed by atoms with E-state index in [1.807, 2.05) is 0 Å². The van der Waals surface area contributed by atoms with Crippen LogP contribution >= 0.6 is 0 Å². The molecule has 0 spiro atoms. The number of nitrogens with one attached hydrogen (secondary N) is 1. The van der Waals surface area contributed by atoms with Crippen LogP contribution in [0.3, 0.4) is 0 Å². The number of hydrogen-bond donors (Lipinski definition) is 2. The lowest BCUT2D eigenvalue weighted by atomic mass is 9.93. The lowest BCUT2D eigenvalue weighted by Crippen LogP contribution is -2.51. The number of rotatable bonds is 4. The summed E-state index contributed by atoms with van der Waals surface area (Å²) in [5, 5.41) is 3.33. The van der Waals surface area contributed by atoms with Crippen molar-refractivity contribution in [3.8, 4) is 0 Å². The zero-order valence-corrected chi connectivity index (χ0v) is 14.7. The number of carbonyl (C=O) groups is 1. The first-order valence-corrected chi connectivity index (χ1v) is 9.60. The molecule has 0 unspecified atom stereocenters. The third kappa shape index (κ3) is 4.25. The van der Waals surface area contributed by atoms with Gasteiger partial charge in [0.15, 0.2) is 0 Å². The summed E-state index contributed by atoms with van der Waals surface area (Å²) in [5.74, 6) is 0.858. The van der Waals surface area contributed by atoms with Gasteiger partial charge in [-0.3, -0.25) is 4.79 Å². The fraction of sp³-hybridized carbons (Fsp3) is 0.944. The monoisotopic (exact) mass is 322 g/mol. The molecule has 0 aromatic rings. The first-order chi connectivity index (χ1) is 11.2. The van der Waals surface area contributed by atoms with Gasteiger partial charge < -0.3 is 20.9 Å². The van der Waals surface area contributed by atoms with Crippen LogP contribution in [0.15, 0.2) is 0 Å². The highest BCUT2D eigenvalue weighted by atomic mass is 16.2. The molecule has 132 valence electrons. The van der Waals surface area contributed by atoms with Gasteiger partial charge in [-0.1, -0.05) is 6.42 Å². The summed E-state index contributed by atoms with van der Waals surface area (Å²) in [6, 6.07) is 1.14. The molecule has 1 aliphatic carbocycles. The molecule has 2 heterocycles. The van der Waals surface area contributed by atoms with Crippen molar-refractivity contribution in [2.45, 2.75) is 57.0 Å². The molecule has 1 saturated carbocycles. The summed E-state index contributed by atoms with van der Waals surface area (Å²) in [4.78, 5) is 17.6. The minimum absolute atomic E-state index is 0.173. The molecule has 0 bridgehead atoms. The van der Waals surface area contributed by atoms with E-state index in [1.165, 1.54) is 25.9 Å². The van der Waals surface area contributed by atoms with Gasteiger partial charge in [-0.2, -0.15) is 0 Å². The van der Waals surface area contributed by atoms with Crippen molar-refractivity contribution in [3.05, 3.63) is 0 Å². The van der Waals surface area contributed by atoms with Crippen LogP contribution in [-0.2, 0) is 4.79 Å². The van der Waals surface area contributed by atoms with Gasteiger partial charge in [-0.05, 0) is 71.1 Å². The Morgan fingerprint density at radius 2 is 1.74 bits per heavy atom. The van der Waals surface area contributed by atoms with Crippen molar-refractivity contribution < 1.29 is 4.79 Å². The second kappa shape index (κ2) is 7.95. The lowest BCUT2D eigenvalue weighted by Gasteiger charge is -2.41. The Labute approximate surface area is 140 Å². The Kier molecular flexibility index (Phi) is 5.94. The minimum atomic E-state index is 0.173. The van der Waals surface area contributed by atoms with Crippen molar-refractivity contribution in [1.29, 1.82) is 0 Å². The highest BCUT2D eigenvalue weighted by Crippen LogP contribution is 2.31. The van der Waals surface area contributed by atoms with E-state index in [4.69, 9.17) is 5.73 Å². The molecule has 3 fully saturated rings. The molecule has 1 amide bonds. The second-order valence-electron chi connectivity index (χ2n) is 7.89. The molecule has 5 heteroatoms. The van der Waals surface area contributed by atoms with Crippen molar-refractivity contribution in [2.24, 2.45) is 17.6 Å². The Hall–Kier alpha value is -0.650. The Bertz CT molecular complexity index is 386. The van der Waals surface area contributed by atoms with Crippen LogP contribution in [0.1, 0.15) is 44.9 Å². The standard InChI is InChI=1S/C18H34N4O/c1-21-9-7-16(8-10-21)22-11-5-15(6-12-22)20-18(23)17-4-2-3-14(17)13-19/h14-17H,2-13,19H2,1H3,(H,20,23)/t14-,17-/m1/s1. The summed E-state index contributed by atoms with van der Waals surface area (Å²) in [5.41, 5.74) is 5.82. The molecule has 3 rings (SSSR count). The second-order valence-corrected chi connectivity index (χ2v) is 7.89. The van der Waals surface area contributed by atoms with E-state index in [-0.39, 0.29) is 11.8 Å². The van der Waals surface area contributed by atoms with E-state index in [1.54, 1.807) is 0 Å². The molecular weight excluding hydrogens is 288 g/mol. The third-order valence-electron chi connectivity index (χ3n) is 6.38. The Balaban J connectivity index is 1.41. The molecular formula is C18H34N4O. The number of amides is 1. The minimum Gasteiger partial charge on any atom is -0.353 e. The van der Waals surface area contributed by atoms with Crippen LogP contribution in [0.25, 0.3) is 0 Å². The number of nitrogens with zero attached hydrogens (tertiary/aromatic N) is 2. The Morgan fingerprint density at radius 1 is 1.04 bits per heavy atom. The molecule has 23 heavy (non-hydrogen) atoms. The first kappa shape index (κ1) is 17.2. The topological polar surface area (TPSA) is 61.6 Å². The summed E-state index contributed by atoms with van der Waals surface area (Å²) in [7, 11) is 2.22. The van der Waals surface area contributed by atoms with E-state index in [9.17, 15) is 4.79 Å². The number of piperidine rings is 2. The average Bonchev–Trinajstić information content (AvgIpc) is 3.05. The van der Waals surface area contributed by atoms with Crippen molar-refractivity contribution >= 4 is 5.91 Å². The predicted molar refractivity (Wildman–Crippen MR) is 93.1 cm³/mol. The molecule has 3 N–H and O–H groups in total. The quantitative estimate of drug-likeness (QED) is 0.812. The lowest BCUT2D eigenvalue weighted by molar-refractivity contribution is -0.127. The predicted octanol–water partition coefficient (Wildman–Crippen LogP) is 1.04.